The lowest BCUT2D eigenvalue weighted by atomic mass is 10.3. The highest BCUT2D eigenvalue weighted by atomic mass is 32.2. The highest BCUT2D eigenvalue weighted by molar-refractivity contribution is 7.92. The summed E-state index contributed by atoms with van der Waals surface area (Å²) in [5.74, 6) is -0.356. The molecule has 0 unspecified atom stereocenters. The average molecular weight is 476 g/mol. The normalized spacial score (nSPS) is 13.6. The Labute approximate surface area is 190 Å². The Hall–Kier alpha value is -3.60. The summed E-state index contributed by atoms with van der Waals surface area (Å²) in [6, 6.07) is 10.1. The molecule has 0 saturated heterocycles. The zero-order valence-corrected chi connectivity index (χ0v) is 19.0. The Morgan fingerprint density at radius 3 is 2.36 bits per heavy atom. The molecule has 3 N–H and O–H groups in total. The lowest BCUT2D eigenvalue weighted by Gasteiger charge is -2.14. The van der Waals surface area contributed by atoms with E-state index < -0.39 is 27.5 Å². The van der Waals surface area contributed by atoms with E-state index in [1.54, 1.807) is 6.92 Å². The van der Waals surface area contributed by atoms with Crippen LogP contribution in [0.1, 0.15) is 32.7 Å². The highest BCUT2D eigenvalue weighted by Crippen LogP contribution is 2.40. The van der Waals surface area contributed by atoms with Gasteiger partial charge in [-0.25, -0.2) is 17.8 Å². The van der Waals surface area contributed by atoms with Crippen molar-refractivity contribution in [3.8, 4) is 28.9 Å². The maximum absolute atomic E-state index is 13.0. The number of rotatable bonds is 9. The standard InChI is InChI=1S/C22H25N3O7S/c1-3-31-18-11-10-17(13-19(18)32-4-2)33(29,30)23-14-6-5-7-16(12-14)25-21(27)20(26)24(22(25)28)15-8-9-15/h5-7,10-13,15,23,26-27H,3-4,8-9H2,1-2H3. The van der Waals surface area contributed by atoms with E-state index in [-0.39, 0.29) is 22.3 Å². The highest BCUT2D eigenvalue weighted by Gasteiger charge is 2.32. The lowest BCUT2D eigenvalue weighted by Crippen LogP contribution is -2.22. The van der Waals surface area contributed by atoms with E-state index in [0.29, 0.717) is 24.7 Å². The largest absolute Gasteiger partial charge is 0.491 e. The number of hydrogen-bond donors (Lipinski definition) is 3. The van der Waals surface area contributed by atoms with Gasteiger partial charge in [0.1, 0.15) is 0 Å². The van der Waals surface area contributed by atoms with Crippen molar-refractivity contribution in [1.29, 1.82) is 0 Å². The molecule has 0 radical (unpaired) electrons. The minimum Gasteiger partial charge on any atom is -0.491 e. The van der Waals surface area contributed by atoms with Crippen LogP contribution in [0.2, 0.25) is 0 Å². The number of hydrogen-bond acceptors (Lipinski definition) is 7. The second kappa shape index (κ2) is 8.74. The van der Waals surface area contributed by atoms with Gasteiger partial charge < -0.3 is 19.7 Å². The Kier molecular flexibility index (Phi) is 5.98. The first-order valence-corrected chi connectivity index (χ1v) is 12.0. The van der Waals surface area contributed by atoms with Crippen LogP contribution in [0.25, 0.3) is 5.69 Å². The minimum atomic E-state index is -4.00. The first kappa shape index (κ1) is 22.6. The number of sulfonamides is 1. The zero-order chi connectivity index (χ0) is 23.8. The summed E-state index contributed by atoms with van der Waals surface area (Å²) in [4.78, 5) is 12.7. The maximum atomic E-state index is 13.0. The van der Waals surface area contributed by atoms with Gasteiger partial charge in [0, 0.05) is 12.1 Å². The molecule has 11 heteroatoms. The van der Waals surface area contributed by atoms with E-state index >= 15 is 0 Å². The van der Waals surface area contributed by atoms with Crippen LogP contribution in [0.3, 0.4) is 0 Å². The number of benzene rings is 2. The molecule has 1 heterocycles. The molecule has 1 saturated carbocycles. The molecule has 10 nitrogen and oxygen atoms in total. The Morgan fingerprint density at radius 1 is 1.00 bits per heavy atom. The van der Waals surface area contributed by atoms with E-state index in [2.05, 4.69) is 4.72 Å². The summed E-state index contributed by atoms with van der Waals surface area (Å²) in [7, 11) is -4.00. The Morgan fingerprint density at radius 2 is 1.70 bits per heavy atom. The van der Waals surface area contributed by atoms with Crippen LogP contribution in [-0.2, 0) is 10.0 Å². The molecule has 33 heavy (non-hydrogen) atoms. The van der Waals surface area contributed by atoms with Crippen molar-refractivity contribution < 1.29 is 28.1 Å². The van der Waals surface area contributed by atoms with Gasteiger partial charge in [-0.05, 0) is 57.0 Å². The monoisotopic (exact) mass is 475 g/mol. The summed E-state index contributed by atoms with van der Waals surface area (Å²) < 4.78 is 41.5. The number of anilines is 1. The predicted molar refractivity (Wildman–Crippen MR) is 121 cm³/mol. The second-order valence-electron chi connectivity index (χ2n) is 7.50. The molecule has 0 amide bonds. The SMILES string of the molecule is CCOc1ccc(S(=O)(=O)Nc2cccc(-n3c(O)c(O)n(C4CC4)c3=O)c2)cc1OCC. The molecule has 1 aromatic heterocycles. The quantitative estimate of drug-likeness (QED) is 0.433. The topological polar surface area (TPSA) is 132 Å². The number of ether oxygens (including phenoxy) is 2. The molecule has 0 bridgehead atoms. The van der Waals surface area contributed by atoms with Crippen molar-refractivity contribution in [2.24, 2.45) is 0 Å². The summed E-state index contributed by atoms with van der Waals surface area (Å²) in [5.41, 5.74) is -0.223. The van der Waals surface area contributed by atoms with E-state index in [0.717, 1.165) is 22.0 Å². The molecule has 0 atom stereocenters. The predicted octanol–water partition coefficient (Wildman–Crippen LogP) is 2.98. The molecule has 0 spiro atoms. The molecule has 4 rings (SSSR count). The van der Waals surface area contributed by atoms with Gasteiger partial charge in [0.2, 0.25) is 0 Å². The summed E-state index contributed by atoms with van der Waals surface area (Å²) >= 11 is 0. The van der Waals surface area contributed by atoms with Crippen LogP contribution in [0.4, 0.5) is 5.69 Å². The van der Waals surface area contributed by atoms with Gasteiger partial charge >= 0.3 is 5.69 Å². The third-order valence-electron chi connectivity index (χ3n) is 5.13. The van der Waals surface area contributed by atoms with Crippen LogP contribution >= 0.6 is 0 Å². The third kappa shape index (κ3) is 4.36. The molecule has 3 aromatic rings. The van der Waals surface area contributed by atoms with Gasteiger partial charge in [0.25, 0.3) is 21.8 Å². The summed E-state index contributed by atoms with van der Waals surface area (Å²) in [6.45, 7) is 4.34. The van der Waals surface area contributed by atoms with Gasteiger partial charge in [-0.2, -0.15) is 0 Å². The molecular weight excluding hydrogens is 450 g/mol. The Bertz CT molecular complexity index is 1340. The summed E-state index contributed by atoms with van der Waals surface area (Å²) in [6.07, 6.45) is 1.48. The number of aromatic hydroxyl groups is 2. The molecule has 2 aromatic carbocycles. The van der Waals surface area contributed by atoms with E-state index in [1.165, 1.54) is 42.5 Å². The van der Waals surface area contributed by atoms with Crippen molar-refractivity contribution >= 4 is 15.7 Å². The van der Waals surface area contributed by atoms with E-state index in [9.17, 15) is 23.4 Å². The van der Waals surface area contributed by atoms with E-state index in [4.69, 9.17) is 9.47 Å². The van der Waals surface area contributed by atoms with Crippen LogP contribution < -0.4 is 19.9 Å². The summed E-state index contributed by atoms with van der Waals surface area (Å²) in [5, 5.41) is 20.5. The van der Waals surface area contributed by atoms with Gasteiger partial charge in [0.05, 0.1) is 29.5 Å². The lowest BCUT2D eigenvalue weighted by molar-refractivity contribution is 0.287. The van der Waals surface area contributed by atoms with Gasteiger partial charge in [-0.3, -0.25) is 9.29 Å². The first-order chi connectivity index (χ1) is 15.8. The second-order valence-corrected chi connectivity index (χ2v) is 9.18. The number of nitrogens with one attached hydrogen (secondary N) is 1. The van der Waals surface area contributed by atoms with Crippen molar-refractivity contribution in [3.05, 3.63) is 52.9 Å². The van der Waals surface area contributed by atoms with Gasteiger partial charge in [-0.15, -0.1) is 0 Å². The van der Waals surface area contributed by atoms with Crippen molar-refractivity contribution in [2.45, 2.75) is 37.6 Å². The average Bonchev–Trinajstić information content (AvgIpc) is 3.57. The van der Waals surface area contributed by atoms with Crippen LogP contribution in [-0.4, -0.2) is 41.0 Å². The van der Waals surface area contributed by atoms with Gasteiger partial charge in [0.15, 0.2) is 11.5 Å². The van der Waals surface area contributed by atoms with Crippen molar-refractivity contribution in [3.63, 3.8) is 0 Å². The molecule has 176 valence electrons. The minimum absolute atomic E-state index is 0.0302. The van der Waals surface area contributed by atoms with Crippen LogP contribution in [0.15, 0.2) is 52.2 Å². The first-order valence-electron chi connectivity index (χ1n) is 10.5. The molecule has 1 aliphatic rings. The fraction of sp³-hybridized carbons (Fsp3) is 0.318. The fourth-order valence-corrected chi connectivity index (χ4v) is 4.58. The number of nitrogens with zero attached hydrogens (tertiary/aromatic N) is 2. The third-order valence-corrected chi connectivity index (χ3v) is 6.51. The van der Waals surface area contributed by atoms with Crippen LogP contribution in [0, 0.1) is 0 Å². The zero-order valence-electron chi connectivity index (χ0n) is 18.2. The smallest absolute Gasteiger partial charge is 0.338 e. The fourth-order valence-electron chi connectivity index (χ4n) is 3.51. The van der Waals surface area contributed by atoms with Crippen molar-refractivity contribution in [2.75, 3.05) is 17.9 Å². The molecule has 1 fully saturated rings. The molecule has 1 aliphatic carbocycles. The van der Waals surface area contributed by atoms with Crippen LogP contribution in [0.5, 0.6) is 23.3 Å². The Balaban J connectivity index is 1.66. The molecule has 0 aliphatic heterocycles. The number of aromatic nitrogens is 2. The maximum Gasteiger partial charge on any atom is 0.338 e. The van der Waals surface area contributed by atoms with E-state index in [1.807, 2.05) is 6.92 Å². The van der Waals surface area contributed by atoms with Gasteiger partial charge in [-0.1, -0.05) is 6.07 Å². The van der Waals surface area contributed by atoms with Crippen molar-refractivity contribution in [1.82, 2.24) is 9.13 Å². The molecular formula is C22H25N3O7S. The number of imidazole rings is 1.